The number of hydrogen-bond donors (Lipinski definition) is 0. The average Bonchev–Trinajstić information content (AvgIpc) is 2.92. The van der Waals surface area contributed by atoms with Gasteiger partial charge in [-0.1, -0.05) is 31.5 Å². The summed E-state index contributed by atoms with van der Waals surface area (Å²) in [6.45, 7) is 5.80. The van der Waals surface area contributed by atoms with E-state index in [1.54, 1.807) is 6.08 Å². The Kier molecular flexibility index (Phi) is 6.71. The molecule has 7 heteroatoms. The first-order chi connectivity index (χ1) is 12.7. The van der Waals surface area contributed by atoms with Gasteiger partial charge in [-0.15, -0.1) is 0 Å². The molecule has 2 fully saturated rings. The van der Waals surface area contributed by atoms with Crippen molar-refractivity contribution in [2.45, 2.75) is 19.8 Å². The SMILES string of the molecule is CCCCOc1ccccc1C=C1SC(=O)N(CN2CCOCC2)C1=O. The molecule has 1 aromatic rings. The van der Waals surface area contributed by atoms with Crippen LogP contribution in [0.5, 0.6) is 5.75 Å². The van der Waals surface area contributed by atoms with E-state index >= 15 is 0 Å². The predicted molar refractivity (Wildman–Crippen MR) is 102 cm³/mol. The predicted octanol–water partition coefficient (Wildman–Crippen LogP) is 3.19. The summed E-state index contributed by atoms with van der Waals surface area (Å²) >= 11 is 0.987. The Morgan fingerprint density at radius 2 is 2.00 bits per heavy atom. The molecule has 2 amide bonds. The van der Waals surface area contributed by atoms with Crippen molar-refractivity contribution in [1.82, 2.24) is 9.80 Å². The highest BCUT2D eigenvalue weighted by Gasteiger charge is 2.36. The van der Waals surface area contributed by atoms with Crippen molar-refractivity contribution < 1.29 is 19.1 Å². The molecule has 6 nitrogen and oxygen atoms in total. The molecule has 26 heavy (non-hydrogen) atoms. The molecular weight excluding hydrogens is 352 g/mol. The summed E-state index contributed by atoms with van der Waals surface area (Å²) in [5, 5.41) is -0.225. The van der Waals surface area contributed by atoms with E-state index in [0.29, 0.717) is 31.4 Å². The van der Waals surface area contributed by atoms with Crippen LogP contribution in [0.2, 0.25) is 0 Å². The number of carbonyl (C=O) groups is 2. The van der Waals surface area contributed by atoms with Gasteiger partial charge in [0.2, 0.25) is 0 Å². The van der Waals surface area contributed by atoms with E-state index in [1.807, 2.05) is 24.3 Å². The molecule has 1 aromatic carbocycles. The summed E-state index contributed by atoms with van der Waals surface area (Å²) in [6, 6.07) is 7.59. The molecule has 0 aromatic heterocycles. The van der Waals surface area contributed by atoms with Crippen molar-refractivity contribution in [3.05, 3.63) is 34.7 Å². The number of thioether (sulfide) groups is 1. The molecular formula is C19H24N2O4S. The molecule has 0 spiro atoms. The Morgan fingerprint density at radius 1 is 1.23 bits per heavy atom. The second kappa shape index (κ2) is 9.21. The number of imide groups is 1. The minimum Gasteiger partial charge on any atom is -0.493 e. The Hall–Kier alpha value is -1.83. The monoisotopic (exact) mass is 376 g/mol. The number of unbranched alkanes of at least 4 members (excludes halogenated alkanes) is 1. The van der Waals surface area contributed by atoms with Crippen LogP contribution in [-0.2, 0) is 9.53 Å². The van der Waals surface area contributed by atoms with Gasteiger partial charge in [0, 0.05) is 18.7 Å². The van der Waals surface area contributed by atoms with Crippen LogP contribution in [0.4, 0.5) is 4.79 Å². The van der Waals surface area contributed by atoms with Gasteiger partial charge in [0.25, 0.3) is 11.1 Å². The van der Waals surface area contributed by atoms with E-state index in [0.717, 1.165) is 49.0 Å². The fraction of sp³-hybridized carbons (Fsp3) is 0.474. The lowest BCUT2D eigenvalue weighted by molar-refractivity contribution is -0.125. The molecule has 0 saturated carbocycles. The lowest BCUT2D eigenvalue weighted by Gasteiger charge is -2.29. The van der Waals surface area contributed by atoms with Crippen LogP contribution in [-0.4, -0.2) is 60.5 Å². The minimum absolute atomic E-state index is 0.225. The topological polar surface area (TPSA) is 59.1 Å². The lowest BCUT2D eigenvalue weighted by Crippen LogP contribution is -2.45. The zero-order valence-electron chi connectivity index (χ0n) is 15.0. The average molecular weight is 376 g/mol. The van der Waals surface area contributed by atoms with Crippen molar-refractivity contribution in [1.29, 1.82) is 0 Å². The van der Waals surface area contributed by atoms with Gasteiger partial charge in [-0.3, -0.25) is 19.4 Å². The van der Waals surface area contributed by atoms with E-state index < -0.39 is 0 Å². The number of nitrogens with zero attached hydrogens (tertiary/aromatic N) is 2. The zero-order valence-corrected chi connectivity index (χ0v) is 15.8. The third-order valence-corrected chi connectivity index (χ3v) is 5.19. The summed E-state index contributed by atoms with van der Waals surface area (Å²) in [6.07, 6.45) is 3.79. The molecule has 2 saturated heterocycles. The molecule has 0 bridgehead atoms. The van der Waals surface area contributed by atoms with Crippen LogP contribution in [0.1, 0.15) is 25.3 Å². The second-order valence-corrected chi connectivity index (χ2v) is 7.21. The highest BCUT2D eigenvalue weighted by Crippen LogP contribution is 2.34. The zero-order chi connectivity index (χ0) is 18.4. The number of carbonyl (C=O) groups excluding carboxylic acids is 2. The van der Waals surface area contributed by atoms with E-state index in [4.69, 9.17) is 9.47 Å². The summed E-state index contributed by atoms with van der Waals surface area (Å²) in [5.41, 5.74) is 0.820. The Bertz CT molecular complexity index is 686. The standard InChI is InChI=1S/C19H24N2O4S/c1-2-3-10-25-16-7-5-4-6-15(16)13-17-18(22)21(19(23)26-17)14-20-8-11-24-12-9-20/h4-7,13H,2-3,8-12,14H2,1H3. The maximum absolute atomic E-state index is 12.7. The summed E-state index contributed by atoms with van der Waals surface area (Å²) in [5.74, 6) is 0.496. The first-order valence-electron chi connectivity index (χ1n) is 8.96. The Balaban J connectivity index is 1.71. The molecule has 2 heterocycles. The van der Waals surface area contributed by atoms with Crippen molar-refractivity contribution in [2.24, 2.45) is 0 Å². The summed E-state index contributed by atoms with van der Waals surface area (Å²) in [7, 11) is 0. The molecule has 0 unspecified atom stereocenters. The first-order valence-corrected chi connectivity index (χ1v) is 9.78. The van der Waals surface area contributed by atoms with Gasteiger partial charge >= 0.3 is 0 Å². The summed E-state index contributed by atoms with van der Waals surface area (Å²) < 4.78 is 11.1. The molecule has 2 aliphatic heterocycles. The van der Waals surface area contributed by atoms with Gasteiger partial charge in [-0.25, -0.2) is 0 Å². The van der Waals surface area contributed by atoms with Crippen LogP contribution < -0.4 is 4.74 Å². The third-order valence-electron chi connectivity index (χ3n) is 4.28. The number of rotatable bonds is 7. The minimum atomic E-state index is -0.241. The molecule has 0 N–H and O–H groups in total. The van der Waals surface area contributed by atoms with Crippen LogP contribution >= 0.6 is 11.8 Å². The molecule has 140 valence electrons. The van der Waals surface area contributed by atoms with E-state index in [1.165, 1.54) is 4.90 Å². The summed E-state index contributed by atoms with van der Waals surface area (Å²) in [4.78, 5) is 28.8. The normalized spacial score (nSPS) is 20.2. The maximum Gasteiger partial charge on any atom is 0.294 e. The van der Waals surface area contributed by atoms with Gasteiger partial charge < -0.3 is 9.47 Å². The Labute approximate surface area is 158 Å². The second-order valence-electron chi connectivity index (χ2n) is 6.22. The van der Waals surface area contributed by atoms with Gasteiger partial charge in [-0.2, -0.15) is 0 Å². The lowest BCUT2D eigenvalue weighted by atomic mass is 10.2. The van der Waals surface area contributed by atoms with Crippen molar-refractivity contribution in [3.8, 4) is 5.75 Å². The fourth-order valence-corrected chi connectivity index (χ4v) is 3.59. The highest BCUT2D eigenvalue weighted by molar-refractivity contribution is 8.18. The molecule has 0 radical (unpaired) electrons. The van der Waals surface area contributed by atoms with Crippen molar-refractivity contribution in [2.75, 3.05) is 39.6 Å². The highest BCUT2D eigenvalue weighted by atomic mass is 32.2. The molecule has 0 aliphatic carbocycles. The largest absolute Gasteiger partial charge is 0.493 e. The van der Waals surface area contributed by atoms with Crippen LogP contribution in [0.15, 0.2) is 29.2 Å². The maximum atomic E-state index is 12.7. The molecule has 0 atom stereocenters. The van der Waals surface area contributed by atoms with E-state index in [2.05, 4.69) is 11.8 Å². The number of hydrogen-bond acceptors (Lipinski definition) is 6. The Morgan fingerprint density at radius 3 is 2.77 bits per heavy atom. The third kappa shape index (κ3) is 4.66. The smallest absolute Gasteiger partial charge is 0.294 e. The van der Waals surface area contributed by atoms with Crippen molar-refractivity contribution in [3.63, 3.8) is 0 Å². The van der Waals surface area contributed by atoms with Gasteiger partial charge in [0.15, 0.2) is 0 Å². The quantitative estimate of drug-likeness (QED) is 0.538. The van der Waals surface area contributed by atoms with E-state index in [9.17, 15) is 9.59 Å². The number of morpholine rings is 1. The van der Waals surface area contributed by atoms with Gasteiger partial charge in [0.05, 0.1) is 31.4 Å². The van der Waals surface area contributed by atoms with Crippen LogP contribution in [0.25, 0.3) is 6.08 Å². The number of para-hydroxylation sites is 1. The first kappa shape index (κ1) is 18.9. The van der Waals surface area contributed by atoms with E-state index in [-0.39, 0.29) is 11.1 Å². The fourth-order valence-electron chi connectivity index (χ4n) is 2.76. The van der Waals surface area contributed by atoms with Crippen LogP contribution in [0.3, 0.4) is 0 Å². The number of ether oxygens (including phenoxy) is 2. The van der Waals surface area contributed by atoms with Crippen LogP contribution in [0, 0.1) is 0 Å². The molecule has 2 aliphatic rings. The number of amides is 2. The van der Waals surface area contributed by atoms with Crippen molar-refractivity contribution >= 4 is 29.0 Å². The van der Waals surface area contributed by atoms with Gasteiger partial charge in [0.1, 0.15) is 5.75 Å². The number of benzene rings is 1. The molecule has 3 rings (SSSR count). The van der Waals surface area contributed by atoms with Gasteiger partial charge in [-0.05, 0) is 30.3 Å².